The molecule has 0 bridgehead atoms. The van der Waals surface area contributed by atoms with Crippen molar-refractivity contribution in [3.05, 3.63) is 35.9 Å². The molecule has 0 amide bonds. The van der Waals surface area contributed by atoms with E-state index in [1.165, 1.54) is 18.7 Å². The van der Waals surface area contributed by atoms with Crippen LogP contribution < -0.4 is 10.6 Å². The van der Waals surface area contributed by atoms with Gasteiger partial charge in [-0.25, -0.2) is 0 Å². The zero-order chi connectivity index (χ0) is 21.1. The third-order valence-corrected chi connectivity index (χ3v) is 6.15. The first-order chi connectivity index (χ1) is 14.0. The molecule has 2 N–H and O–H groups in total. The van der Waals surface area contributed by atoms with Crippen LogP contribution in [0.4, 0.5) is 0 Å². The van der Waals surface area contributed by atoms with Gasteiger partial charge in [0.15, 0.2) is 5.96 Å². The van der Waals surface area contributed by atoms with Crippen molar-refractivity contribution in [3.8, 4) is 0 Å². The molecule has 1 fully saturated rings. The minimum Gasteiger partial charge on any atom is -0.356 e. The SMILES string of the molecule is CCN1CCN(C(C)CNC(=NC)NCCC(C)N(C)Cc2ccccc2)CC1. The fourth-order valence-corrected chi connectivity index (χ4v) is 3.76. The summed E-state index contributed by atoms with van der Waals surface area (Å²) >= 11 is 0. The summed E-state index contributed by atoms with van der Waals surface area (Å²) in [7, 11) is 4.05. The molecule has 2 unspecified atom stereocenters. The van der Waals surface area contributed by atoms with Gasteiger partial charge in [-0.2, -0.15) is 0 Å². The average Bonchev–Trinajstić information content (AvgIpc) is 2.76. The number of nitrogens with one attached hydrogen (secondary N) is 2. The maximum atomic E-state index is 4.39. The van der Waals surface area contributed by atoms with E-state index in [-0.39, 0.29) is 0 Å². The van der Waals surface area contributed by atoms with E-state index in [9.17, 15) is 0 Å². The van der Waals surface area contributed by atoms with E-state index >= 15 is 0 Å². The third kappa shape index (κ3) is 8.33. The summed E-state index contributed by atoms with van der Waals surface area (Å²) in [6, 6.07) is 11.7. The first-order valence-corrected chi connectivity index (χ1v) is 11.2. The zero-order valence-corrected chi connectivity index (χ0v) is 19.2. The second-order valence-electron chi connectivity index (χ2n) is 8.24. The van der Waals surface area contributed by atoms with Crippen LogP contribution in [0.3, 0.4) is 0 Å². The van der Waals surface area contributed by atoms with Gasteiger partial charge in [-0.05, 0) is 39.4 Å². The van der Waals surface area contributed by atoms with E-state index in [4.69, 9.17) is 0 Å². The van der Waals surface area contributed by atoms with Gasteiger partial charge in [0.2, 0.25) is 0 Å². The van der Waals surface area contributed by atoms with Gasteiger partial charge in [0.1, 0.15) is 0 Å². The molecule has 0 saturated carbocycles. The maximum absolute atomic E-state index is 4.39. The average molecular weight is 403 g/mol. The van der Waals surface area contributed by atoms with Crippen LogP contribution in [0.2, 0.25) is 0 Å². The van der Waals surface area contributed by atoms with Crippen LogP contribution in [0.5, 0.6) is 0 Å². The first-order valence-electron chi connectivity index (χ1n) is 11.2. The summed E-state index contributed by atoms with van der Waals surface area (Å²) in [5.74, 6) is 0.905. The standard InChI is InChI=1S/C23H42N6/c1-6-28-14-16-29(17-15-28)21(3)18-26-23(24-4)25-13-12-20(2)27(5)19-22-10-8-7-9-11-22/h7-11,20-21H,6,12-19H2,1-5H3,(H2,24,25,26). The maximum Gasteiger partial charge on any atom is 0.191 e. The lowest BCUT2D eigenvalue weighted by atomic mass is 10.1. The highest BCUT2D eigenvalue weighted by Crippen LogP contribution is 2.08. The molecule has 0 radical (unpaired) electrons. The van der Waals surface area contributed by atoms with Crippen molar-refractivity contribution < 1.29 is 0 Å². The molecular weight excluding hydrogens is 360 g/mol. The van der Waals surface area contributed by atoms with Crippen LogP contribution in [-0.2, 0) is 6.54 Å². The molecule has 0 spiro atoms. The summed E-state index contributed by atoms with van der Waals surface area (Å²) < 4.78 is 0. The van der Waals surface area contributed by atoms with Crippen LogP contribution in [0.15, 0.2) is 35.3 Å². The molecule has 1 heterocycles. The Morgan fingerprint density at radius 1 is 1.10 bits per heavy atom. The van der Waals surface area contributed by atoms with Crippen molar-refractivity contribution in [2.45, 2.75) is 45.8 Å². The Morgan fingerprint density at radius 3 is 2.41 bits per heavy atom. The zero-order valence-electron chi connectivity index (χ0n) is 19.2. The highest BCUT2D eigenvalue weighted by molar-refractivity contribution is 5.79. The number of piperazine rings is 1. The lowest BCUT2D eigenvalue weighted by Crippen LogP contribution is -2.53. The number of benzene rings is 1. The topological polar surface area (TPSA) is 46.1 Å². The van der Waals surface area contributed by atoms with E-state index in [2.05, 4.69) is 88.5 Å². The smallest absolute Gasteiger partial charge is 0.191 e. The molecule has 1 aromatic carbocycles. The minimum atomic E-state index is 0.509. The second kappa shape index (κ2) is 12.8. The van der Waals surface area contributed by atoms with Crippen molar-refractivity contribution in [1.29, 1.82) is 0 Å². The van der Waals surface area contributed by atoms with Crippen molar-refractivity contribution in [2.24, 2.45) is 4.99 Å². The van der Waals surface area contributed by atoms with E-state index in [1.54, 1.807) is 0 Å². The summed E-state index contributed by atoms with van der Waals surface area (Å²) in [5, 5.41) is 6.98. The summed E-state index contributed by atoms with van der Waals surface area (Å²) in [6.07, 6.45) is 1.08. The van der Waals surface area contributed by atoms with Crippen LogP contribution in [0, 0.1) is 0 Å². The molecule has 0 aliphatic carbocycles. The molecule has 1 aliphatic rings. The lowest BCUT2D eigenvalue weighted by Gasteiger charge is -2.37. The molecule has 164 valence electrons. The Balaban J connectivity index is 1.64. The summed E-state index contributed by atoms with van der Waals surface area (Å²) in [6.45, 7) is 15.5. The molecular formula is C23H42N6. The number of hydrogen-bond donors (Lipinski definition) is 2. The molecule has 1 saturated heterocycles. The first kappa shape index (κ1) is 23.6. The second-order valence-corrected chi connectivity index (χ2v) is 8.24. The number of hydrogen-bond acceptors (Lipinski definition) is 4. The van der Waals surface area contributed by atoms with E-state index in [0.29, 0.717) is 12.1 Å². The molecule has 0 aromatic heterocycles. The molecule has 1 aliphatic heterocycles. The molecule has 1 aromatic rings. The number of aliphatic imine (C=N–C) groups is 1. The normalized spacial score (nSPS) is 18.6. The Morgan fingerprint density at radius 2 is 1.79 bits per heavy atom. The van der Waals surface area contributed by atoms with Gasteiger partial charge in [-0.15, -0.1) is 0 Å². The van der Waals surface area contributed by atoms with Crippen LogP contribution in [-0.4, -0.2) is 92.7 Å². The van der Waals surface area contributed by atoms with Crippen LogP contribution in [0.1, 0.15) is 32.8 Å². The fourth-order valence-electron chi connectivity index (χ4n) is 3.76. The Hall–Kier alpha value is -1.63. The highest BCUT2D eigenvalue weighted by Gasteiger charge is 2.20. The van der Waals surface area contributed by atoms with E-state index < -0.39 is 0 Å². The Kier molecular flexibility index (Phi) is 10.5. The van der Waals surface area contributed by atoms with Crippen LogP contribution in [0.25, 0.3) is 0 Å². The van der Waals surface area contributed by atoms with Gasteiger partial charge in [0.25, 0.3) is 0 Å². The van der Waals surface area contributed by atoms with Gasteiger partial charge >= 0.3 is 0 Å². The van der Waals surface area contributed by atoms with Crippen molar-refractivity contribution in [2.75, 3.05) is 59.9 Å². The van der Waals surface area contributed by atoms with Crippen molar-refractivity contribution in [3.63, 3.8) is 0 Å². The number of rotatable bonds is 10. The monoisotopic (exact) mass is 402 g/mol. The van der Waals surface area contributed by atoms with Crippen LogP contribution >= 0.6 is 0 Å². The number of likely N-dealkylation sites (N-methyl/N-ethyl adjacent to an activating group) is 1. The largest absolute Gasteiger partial charge is 0.356 e. The van der Waals surface area contributed by atoms with Gasteiger partial charge in [-0.3, -0.25) is 14.8 Å². The third-order valence-electron chi connectivity index (χ3n) is 6.15. The van der Waals surface area contributed by atoms with Gasteiger partial charge < -0.3 is 15.5 Å². The van der Waals surface area contributed by atoms with Gasteiger partial charge in [-0.1, -0.05) is 37.3 Å². The molecule has 6 heteroatoms. The van der Waals surface area contributed by atoms with Gasteiger partial charge in [0.05, 0.1) is 0 Å². The number of guanidine groups is 1. The van der Waals surface area contributed by atoms with Crippen molar-refractivity contribution >= 4 is 5.96 Å². The van der Waals surface area contributed by atoms with Gasteiger partial charge in [0, 0.05) is 64.9 Å². The summed E-state index contributed by atoms with van der Waals surface area (Å²) in [4.78, 5) is 11.9. The fraction of sp³-hybridized carbons (Fsp3) is 0.696. The quantitative estimate of drug-likeness (QED) is 0.464. The molecule has 29 heavy (non-hydrogen) atoms. The summed E-state index contributed by atoms with van der Waals surface area (Å²) in [5.41, 5.74) is 1.36. The highest BCUT2D eigenvalue weighted by atomic mass is 15.3. The Bertz CT molecular complexity index is 582. The predicted octanol–water partition coefficient (Wildman–Crippen LogP) is 2.09. The minimum absolute atomic E-state index is 0.509. The molecule has 6 nitrogen and oxygen atoms in total. The lowest BCUT2D eigenvalue weighted by molar-refractivity contribution is 0.107. The van der Waals surface area contributed by atoms with Crippen molar-refractivity contribution in [1.82, 2.24) is 25.3 Å². The molecule has 2 atom stereocenters. The Labute approximate surface area is 178 Å². The number of nitrogens with zero attached hydrogens (tertiary/aromatic N) is 4. The molecule has 2 rings (SSSR count). The van der Waals surface area contributed by atoms with E-state index in [1.807, 2.05) is 7.05 Å². The predicted molar refractivity (Wildman–Crippen MR) is 125 cm³/mol. The van der Waals surface area contributed by atoms with E-state index in [0.717, 1.165) is 51.6 Å².